The number of anilines is 1. The van der Waals surface area contributed by atoms with Crippen LogP contribution in [0.2, 0.25) is 0 Å². The van der Waals surface area contributed by atoms with Gasteiger partial charge in [0.2, 0.25) is 5.91 Å². The fraction of sp³-hybridized carbons (Fsp3) is 0.0741. The topological polar surface area (TPSA) is 67.2 Å². The first-order valence-electron chi connectivity index (χ1n) is 10.5. The third-order valence-corrected chi connectivity index (χ3v) is 5.01. The number of nitrogens with one attached hydrogen (secondary N) is 1. The number of benzene rings is 3. The molecule has 0 aliphatic carbocycles. The Morgan fingerprint density at radius 1 is 0.909 bits per heavy atom. The molecule has 1 aromatic heterocycles. The quantitative estimate of drug-likeness (QED) is 0.438. The van der Waals surface area contributed by atoms with Gasteiger partial charge < -0.3 is 10.2 Å². The van der Waals surface area contributed by atoms with Crippen molar-refractivity contribution in [3.8, 4) is 16.9 Å². The van der Waals surface area contributed by atoms with Crippen molar-refractivity contribution in [1.82, 2.24) is 14.7 Å². The first-order chi connectivity index (χ1) is 16.0. The number of rotatable bonds is 6. The van der Waals surface area contributed by atoms with Crippen LogP contribution in [-0.2, 0) is 4.79 Å². The number of carbonyl (C=O) groups excluding carboxylic acids is 2. The van der Waals surface area contributed by atoms with Crippen molar-refractivity contribution in [1.29, 1.82) is 0 Å². The van der Waals surface area contributed by atoms with E-state index < -0.39 is 0 Å². The van der Waals surface area contributed by atoms with E-state index in [9.17, 15) is 9.59 Å². The van der Waals surface area contributed by atoms with E-state index in [4.69, 9.17) is 5.10 Å². The Bertz CT molecular complexity index is 1290. The molecular weight excluding hydrogens is 412 g/mol. The molecule has 0 saturated carbocycles. The highest BCUT2D eigenvalue weighted by Crippen LogP contribution is 2.24. The minimum atomic E-state index is -0.295. The van der Waals surface area contributed by atoms with E-state index in [1.165, 1.54) is 11.0 Å². The second-order valence-corrected chi connectivity index (χ2v) is 7.68. The smallest absolute Gasteiger partial charge is 0.253 e. The summed E-state index contributed by atoms with van der Waals surface area (Å²) in [5.74, 6) is -0.418. The highest BCUT2D eigenvalue weighted by atomic mass is 16.2. The van der Waals surface area contributed by atoms with Gasteiger partial charge in [0.25, 0.3) is 5.91 Å². The van der Waals surface area contributed by atoms with Crippen molar-refractivity contribution >= 4 is 23.6 Å². The number of amides is 2. The van der Waals surface area contributed by atoms with E-state index in [1.54, 1.807) is 49.1 Å². The molecule has 3 aromatic carbocycles. The molecule has 164 valence electrons. The lowest BCUT2D eigenvalue weighted by Gasteiger charge is -2.11. The van der Waals surface area contributed by atoms with E-state index in [0.29, 0.717) is 11.3 Å². The van der Waals surface area contributed by atoms with Gasteiger partial charge in [0.15, 0.2) is 0 Å². The van der Waals surface area contributed by atoms with Gasteiger partial charge in [-0.25, -0.2) is 4.68 Å². The summed E-state index contributed by atoms with van der Waals surface area (Å²) in [4.78, 5) is 26.3. The van der Waals surface area contributed by atoms with Crippen molar-refractivity contribution in [3.63, 3.8) is 0 Å². The zero-order valence-electron chi connectivity index (χ0n) is 18.5. The van der Waals surface area contributed by atoms with Gasteiger partial charge in [-0.15, -0.1) is 0 Å². The maximum atomic E-state index is 12.6. The predicted octanol–water partition coefficient (Wildman–Crippen LogP) is 4.89. The van der Waals surface area contributed by atoms with Crippen LogP contribution in [0.4, 0.5) is 5.69 Å². The zero-order valence-corrected chi connectivity index (χ0v) is 18.5. The summed E-state index contributed by atoms with van der Waals surface area (Å²) >= 11 is 0. The van der Waals surface area contributed by atoms with Gasteiger partial charge in [-0.05, 0) is 36.4 Å². The second-order valence-electron chi connectivity index (χ2n) is 7.68. The highest BCUT2D eigenvalue weighted by molar-refractivity contribution is 6.03. The highest BCUT2D eigenvalue weighted by Gasteiger charge is 2.12. The van der Waals surface area contributed by atoms with Crippen molar-refractivity contribution in [2.45, 2.75) is 0 Å². The van der Waals surface area contributed by atoms with Gasteiger partial charge in [0.05, 0.1) is 11.4 Å². The molecule has 0 bridgehead atoms. The Morgan fingerprint density at radius 2 is 1.61 bits per heavy atom. The number of nitrogens with zero attached hydrogens (tertiary/aromatic N) is 3. The number of hydrogen-bond acceptors (Lipinski definition) is 3. The van der Waals surface area contributed by atoms with Gasteiger partial charge in [-0.2, -0.15) is 5.10 Å². The zero-order chi connectivity index (χ0) is 23.2. The third kappa shape index (κ3) is 5.25. The van der Waals surface area contributed by atoms with Crippen molar-refractivity contribution in [2.24, 2.45) is 0 Å². The normalized spacial score (nSPS) is 10.8. The number of para-hydroxylation sites is 1. The van der Waals surface area contributed by atoms with Crippen molar-refractivity contribution in [2.75, 3.05) is 19.4 Å². The van der Waals surface area contributed by atoms with Crippen molar-refractivity contribution < 1.29 is 9.59 Å². The maximum Gasteiger partial charge on any atom is 0.253 e. The molecule has 2 amide bonds. The van der Waals surface area contributed by atoms with Crippen LogP contribution in [0.3, 0.4) is 0 Å². The lowest BCUT2D eigenvalue weighted by molar-refractivity contribution is -0.111. The van der Waals surface area contributed by atoms with Crippen LogP contribution < -0.4 is 5.32 Å². The van der Waals surface area contributed by atoms with Crippen molar-refractivity contribution in [3.05, 3.63) is 108 Å². The van der Waals surface area contributed by atoms with Gasteiger partial charge in [-0.1, -0.05) is 54.6 Å². The number of carbonyl (C=O) groups is 2. The Balaban J connectivity index is 1.59. The maximum absolute atomic E-state index is 12.6. The average molecular weight is 437 g/mol. The molecule has 0 atom stereocenters. The van der Waals surface area contributed by atoms with Crippen LogP contribution in [0, 0.1) is 0 Å². The summed E-state index contributed by atoms with van der Waals surface area (Å²) in [6.45, 7) is 0. The molecule has 0 aliphatic heterocycles. The summed E-state index contributed by atoms with van der Waals surface area (Å²) in [5.41, 5.74) is 4.56. The molecule has 4 rings (SSSR count). The molecule has 33 heavy (non-hydrogen) atoms. The Hall–Kier alpha value is -4.45. The molecule has 1 N–H and O–H groups in total. The van der Waals surface area contributed by atoms with Crippen LogP contribution in [0.25, 0.3) is 23.0 Å². The van der Waals surface area contributed by atoms with Crippen LogP contribution >= 0.6 is 0 Å². The first-order valence-corrected chi connectivity index (χ1v) is 10.5. The molecule has 4 aromatic rings. The van der Waals surface area contributed by atoms with E-state index >= 15 is 0 Å². The molecule has 0 radical (unpaired) electrons. The lowest BCUT2D eigenvalue weighted by atomic mass is 10.1. The first kappa shape index (κ1) is 21.8. The lowest BCUT2D eigenvalue weighted by Crippen LogP contribution is -2.21. The van der Waals surface area contributed by atoms with Gasteiger partial charge in [-0.3, -0.25) is 9.59 Å². The largest absolute Gasteiger partial charge is 0.345 e. The minimum Gasteiger partial charge on any atom is -0.345 e. The second kappa shape index (κ2) is 9.78. The Morgan fingerprint density at radius 3 is 2.30 bits per heavy atom. The van der Waals surface area contributed by atoms with E-state index in [1.807, 2.05) is 66.9 Å². The molecule has 6 heteroatoms. The van der Waals surface area contributed by atoms with Crippen LogP contribution in [-0.4, -0.2) is 40.6 Å². The van der Waals surface area contributed by atoms with Gasteiger partial charge in [0.1, 0.15) is 0 Å². The molecule has 0 aliphatic rings. The standard InChI is InChI=1S/C27H24N4O2/c1-30(2)27(33)21-12-9-13-23(18-21)28-25(32)17-16-22-19-31(24-14-7-4-8-15-24)29-26(22)20-10-5-3-6-11-20/h3-19H,1-2H3,(H,28,32)/b17-16+. The molecule has 0 fully saturated rings. The fourth-order valence-corrected chi connectivity index (χ4v) is 3.38. The molecule has 0 spiro atoms. The van der Waals surface area contributed by atoms with Crippen LogP contribution in [0.1, 0.15) is 15.9 Å². The molecule has 6 nitrogen and oxygen atoms in total. The molecule has 1 heterocycles. The number of aromatic nitrogens is 2. The fourth-order valence-electron chi connectivity index (χ4n) is 3.38. The summed E-state index contributed by atoms with van der Waals surface area (Å²) in [7, 11) is 3.38. The summed E-state index contributed by atoms with van der Waals surface area (Å²) in [6, 6.07) is 26.5. The van der Waals surface area contributed by atoms with Gasteiger partial charge >= 0.3 is 0 Å². The summed E-state index contributed by atoms with van der Waals surface area (Å²) in [5, 5.41) is 7.57. The van der Waals surface area contributed by atoms with E-state index in [0.717, 1.165) is 22.5 Å². The molecule has 0 unspecified atom stereocenters. The number of hydrogen-bond donors (Lipinski definition) is 1. The summed E-state index contributed by atoms with van der Waals surface area (Å²) in [6.07, 6.45) is 5.12. The van der Waals surface area contributed by atoms with E-state index in [2.05, 4.69) is 5.32 Å². The predicted molar refractivity (Wildman–Crippen MR) is 131 cm³/mol. The van der Waals surface area contributed by atoms with Crippen LogP contribution in [0.5, 0.6) is 0 Å². The summed E-state index contributed by atoms with van der Waals surface area (Å²) < 4.78 is 1.80. The van der Waals surface area contributed by atoms with Crippen LogP contribution in [0.15, 0.2) is 97.2 Å². The third-order valence-electron chi connectivity index (χ3n) is 5.01. The Kier molecular flexibility index (Phi) is 6.45. The Labute approximate surface area is 192 Å². The minimum absolute atomic E-state index is 0.123. The molecule has 0 saturated heterocycles. The van der Waals surface area contributed by atoms with Gasteiger partial charge in [0, 0.05) is 48.7 Å². The molecular formula is C27H24N4O2. The van der Waals surface area contributed by atoms with E-state index in [-0.39, 0.29) is 11.8 Å². The monoisotopic (exact) mass is 436 g/mol. The average Bonchev–Trinajstić information content (AvgIpc) is 3.28. The SMILES string of the molecule is CN(C)C(=O)c1cccc(NC(=O)/C=C/c2cn(-c3ccccc3)nc2-c2ccccc2)c1.